The molecule has 0 aliphatic carbocycles. The largest absolute Gasteiger partial charge is 0.355 e. The second-order valence-electron chi connectivity index (χ2n) is 4.36. The van der Waals surface area contributed by atoms with Gasteiger partial charge < -0.3 is 16.4 Å². The molecule has 0 bridgehead atoms. The Labute approximate surface area is 113 Å². The number of unbranched alkanes of at least 4 members (excludes halogenated alkanes) is 1. The fourth-order valence-corrected chi connectivity index (χ4v) is 1.71. The third-order valence-electron chi connectivity index (χ3n) is 2.86. The van der Waals surface area contributed by atoms with Crippen LogP contribution in [0.3, 0.4) is 0 Å². The summed E-state index contributed by atoms with van der Waals surface area (Å²) in [6.45, 7) is 2.05. The molecule has 0 saturated heterocycles. The number of carbonyl (C=O) groups is 2. The molecule has 0 heterocycles. The van der Waals surface area contributed by atoms with Crippen LogP contribution in [0, 0.1) is 0 Å². The highest BCUT2D eigenvalue weighted by atomic mass is 16.2. The molecule has 1 rings (SSSR count). The first-order valence-electron chi connectivity index (χ1n) is 6.47. The number of carbonyl (C=O) groups excluding carboxylic acids is 2. The van der Waals surface area contributed by atoms with Gasteiger partial charge in [0.1, 0.15) is 0 Å². The Morgan fingerprint density at radius 3 is 2.63 bits per heavy atom. The summed E-state index contributed by atoms with van der Waals surface area (Å²) in [4.78, 5) is 23.6. The number of para-hydroxylation sites is 1. The van der Waals surface area contributed by atoms with Crippen LogP contribution in [0.2, 0.25) is 0 Å². The van der Waals surface area contributed by atoms with Crippen molar-refractivity contribution in [2.24, 2.45) is 5.73 Å². The Kier molecular flexibility index (Phi) is 6.02. The van der Waals surface area contributed by atoms with Crippen molar-refractivity contribution in [3.05, 3.63) is 29.8 Å². The molecular formula is C14H21N3O2. The summed E-state index contributed by atoms with van der Waals surface area (Å²) in [5, 5.41) is 5.25. The second-order valence-corrected chi connectivity index (χ2v) is 4.36. The first-order valence-corrected chi connectivity index (χ1v) is 6.47. The van der Waals surface area contributed by atoms with E-state index in [1.807, 2.05) is 6.92 Å². The normalized spacial score (nSPS) is 11.7. The summed E-state index contributed by atoms with van der Waals surface area (Å²) in [5.41, 5.74) is 6.71. The standard InChI is InChI=1S/C14H21N3O2/c1-3-4-8-11(15)14(19)17-12-9-6-5-7-10(12)13(18)16-2/h5-7,9,11H,3-4,8,15H2,1-2H3,(H,16,18)(H,17,19). The predicted octanol–water partition coefficient (Wildman–Crippen LogP) is 1.50. The molecule has 0 aromatic heterocycles. The number of amides is 2. The maximum absolute atomic E-state index is 11.9. The van der Waals surface area contributed by atoms with Crippen molar-refractivity contribution >= 4 is 17.5 Å². The number of hydrogen-bond acceptors (Lipinski definition) is 3. The van der Waals surface area contributed by atoms with Gasteiger partial charge in [-0.2, -0.15) is 0 Å². The van der Waals surface area contributed by atoms with E-state index in [-0.39, 0.29) is 11.8 Å². The van der Waals surface area contributed by atoms with E-state index < -0.39 is 6.04 Å². The van der Waals surface area contributed by atoms with Crippen LogP contribution in [0.5, 0.6) is 0 Å². The number of nitrogens with one attached hydrogen (secondary N) is 2. The van der Waals surface area contributed by atoms with Crippen LogP contribution in [-0.4, -0.2) is 24.9 Å². The number of benzene rings is 1. The summed E-state index contributed by atoms with van der Waals surface area (Å²) < 4.78 is 0. The molecule has 5 heteroatoms. The summed E-state index contributed by atoms with van der Waals surface area (Å²) in [6.07, 6.45) is 2.55. The van der Waals surface area contributed by atoms with Crippen molar-refractivity contribution < 1.29 is 9.59 Å². The maximum atomic E-state index is 11.9. The van der Waals surface area contributed by atoms with Crippen molar-refractivity contribution in [1.82, 2.24) is 5.32 Å². The van der Waals surface area contributed by atoms with Gasteiger partial charge in [-0.15, -0.1) is 0 Å². The van der Waals surface area contributed by atoms with Crippen LogP contribution in [0.15, 0.2) is 24.3 Å². The molecule has 4 N–H and O–H groups in total. The average Bonchev–Trinajstić information content (AvgIpc) is 2.44. The van der Waals surface area contributed by atoms with Crippen LogP contribution in [0.1, 0.15) is 36.5 Å². The lowest BCUT2D eigenvalue weighted by atomic mass is 10.1. The van der Waals surface area contributed by atoms with Crippen LogP contribution in [0.25, 0.3) is 0 Å². The minimum absolute atomic E-state index is 0.238. The smallest absolute Gasteiger partial charge is 0.253 e. The second kappa shape index (κ2) is 7.53. The molecule has 104 valence electrons. The zero-order chi connectivity index (χ0) is 14.3. The number of nitrogens with two attached hydrogens (primary N) is 1. The highest BCUT2D eigenvalue weighted by molar-refractivity contribution is 6.04. The molecule has 2 amide bonds. The van der Waals surface area contributed by atoms with E-state index >= 15 is 0 Å². The van der Waals surface area contributed by atoms with E-state index in [1.54, 1.807) is 31.3 Å². The molecule has 1 aromatic rings. The van der Waals surface area contributed by atoms with E-state index in [1.165, 1.54) is 0 Å². The summed E-state index contributed by atoms with van der Waals surface area (Å²) in [7, 11) is 1.55. The molecule has 0 aliphatic heterocycles. The van der Waals surface area contributed by atoms with Gasteiger partial charge in [-0.25, -0.2) is 0 Å². The molecule has 0 spiro atoms. The minimum atomic E-state index is -0.544. The Balaban J connectivity index is 2.76. The number of rotatable bonds is 6. The quantitative estimate of drug-likeness (QED) is 0.727. The van der Waals surface area contributed by atoms with Crippen molar-refractivity contribution in [3.8, 4) is 0 Å². The van der Waals surface area contributed by atoms with Crippen molar-refractivity contribution in [2.75, 3.05) is 12.4 Å². The van der Waals surface area contributed by atoms with E-state index in [4.69, 9.17) is 5.73 Å². The molecule has 0 aliphatic rings. The molecule has 0 saturated carbocycles. The lowest BCUT2D eigenvalue weighted by molar-refractivity contribution is -0.117. The first-order chi connectivity index (χ1) is 9.10. The summed E-state index contributed by atoms with van der Waals surface area (Å²) >= 11 is 0. The molecule has 19 heavy (non-hydrogen) atoms. The van der Waals surface area contributed by atoms with Crippen molar-refractivity contribution in [3.63, 3.8) is 0 Å². The fourth-order valence-electron chi connectivity index (χ4n) is 1.71. The Morgan fingerprint density at radius 1 is 1.32 bits per heavy atom. The zero-order valence-corrected chi connectivity index (χ0v) is 11.4. The molecule has 1 aromatic carbocycles. The topological polar surface area (TPSA) is 84.2 Å². The van der Waals surface area contributed by atoms with Crippen LogP contribution in [0.4, 0.5) is 5.69 Å². The van der Waals surface area contributed by atoms with Crippen LogP contribution in [-0.2, 0) is 4.79 Å². The molecule has 0 fully saturated rings. The molecule has 0 radical (unpaired) electrons. The predicted molar refractivity (Wildman–Crippen MR) is 76.0 cm³/mol. The van der Waals surface area contributed by atoms with Crippen molar-refractivity contribution in [1.29, 1.82) is 0 Å². The summed E-state index contributed by atoms with van der Waals surface area (Å²) in [5.74, 6) is -0.497. The summed E-state index contributed by atoms with van der Waals surface area (Å²) in [6, 6.07) is 6.32. The van der Waals surface area contributed by atoms with E-state index in [9.17, 15) is 9.59 Å². The van der Waals surface area contributed by atoms with Gasteiger partial charge in [-0.1, -0.05) is 31.9 Å². The van der Waals surface area contributed by atoms with Crippen LogP contribution >= 0.6 is 0 Å². The van der Waals surface area contributed by atoms with Gasteiger partial charge in [0.25, 0.3) is 5.91 Å². The maximum Gasteiger partial charge on any atom is 0.253 e. The SMILES string of the molecule is CCCCC(N)C(=O)Nc1ccccc1C(=O)NC. The lowest BCUT2D eigenvalue weighted by Crippen LogP contribution is -2.36. The minimum Gasteiger partial charge on any atom is -0.355 e. The highest BCUT2D eigenvalue weighted by Crippen LogP contribution is 2.15. The monoisotopic (exact) mass is 263 g/mol. The van der Waals surface area contributed by atoms with E-state index in [2.05, 4.69) is 10.6 Å². The van der Waals surface area contributed by atoms with Gasteiger partial charge in [-0.05, 0) is 18.6 Å². The first kappa shape index (κ1) is 15.2. The van der Waals surface area contributed by atoms with E-state index in [0.717, 1.165) is 12.8 Å². The Morgan fingerprint density at radius 2 is 2.00 bits per heavy atom. The number of anilines is 1. The third-order valence-corrected chi connectivity index (χ3v) is 2.86. The number of hydrogen-bond donors (Lipinski definition) is 3. The fraction of sp³-hybridized carbons (Fsp3) is 0.429. The third kappa shape index (κ3) is 4.37. The lowest BCUT2D eigenvalue weighted by Gasteiger charge is -2.14. The van der Waals surface area contributed by atoms with Gasteiger partial charge in [0.2, 0.25) is 5.91 Å². The van der Waals surface area contributed by atoms with Crippen LogP contribution < -0.4 is 16.4 Å². The zero-order valence-electron chi connectivity index (χ0n) is 11.4. The molecule has 1 unspecified atom stereocenters. The Hall–Kier alpha value is -1.88. The molecule has 1 atom stereocenters. The molecule has 5 nitrogen and oxygen atoms in total. The highest BCUT2D eigenvalue weighted by Gasteiger charge is 2.16. The molecular weight excluding hydrogens is 242 g/mol. The van der Waals surface area contributed by atoms with Crippen molar-refractivity contribution in [2.45, 2.75) is 32.2 Å². The van der Waals surface area contributed by atoms with Gasteiger partial charge in [0.05, 0.1) is 17.3 Å². The average molecular weight is 263 g/mol. The van der Waals surface area contributed by atoms with Gasteiger partial charge in [0, 0.05) is 7.05 Å². The van der Waals surface area contributed by atoms with Gasteiger partial charge in [-0.3, -0.25) is 9.59 Å². The van der Waals surface area contributed by atoms with Gasteiger partial charge in [0.15, 0.2) is 0 Å². The van der Waals surface area contributed by atoms with E-state index in [0.29, 0.717) is 17.7 Å². The Bertz CT molecular complexity index is 446. The van der Waals surface area contributed by atoms with Gasteiger partial charge >= 0.3 is 0 Å².